The minimum absolute atomic E-state index is 0.0986. The maximum absolute atomic E-state index is 12.9. The van der Waals surface area contributed by atoms with Crippen molar-refractivity contribution in [2.24, 2.45) is 0 Å². The predicted octanol–water partition coefficient (Wildman–Crippen LogP) is 23.1. The van der Waals surface area contributed by atoms with Crippen LogP contribution < -0.4 is 0 Å². The van der Waals surface area contributed by atoms with Crippen LogP contribution in [0.2, 0.25) is 0 Å². The van der Waals surface area contributed by atoms with Gasteiger partial charge < -0.3 is 34.2 Å². The zero-order valence-electron chi connectivity index (χ0n) is 63.3. The van der Waals surface area contributed by atoms with E-state index >= 15 is 0 Å². The molecule has 0 aliphatic heterocycles. The molecule has 0 saturated carbocycles. The highest BCUT2D eigenvalue weighted by Crippen LogP contribution is 2.45. The fourth-order valence-electron chi connectivity index (χ4n) is 10.4. The summed E-state index contributed by atoms with van der Waals surface area (Å²) in [5, 5.41) is 20.6. The average Bonchev–Trinajstić information content (AvgIpc) is 0.944. The number of unbranched alkanes of at least 4 members (excludes halogenated alkanes) is 29. The first kappa shape index (κ1) is 96.7. The predicted molar refractivity (Wildman–Crippen MR) is 417 cm³/mol. The summed E-state index contributed by atoms with van der Waals surface area (Å²) >= 11 is 0. The lowest BCUT2D eigenvalue weighted by Crippen LogP contribution is -2.30. The van der Waals surface area contributed by atoms with Crippen LogP contribution >= 0.6 is 15.6 Å². The summed E-state index contributed by atoms with van der Waals surface area (Å²) in [6, 6.07) is 0. The number of hydrogen-bond donors (Lipinski definition) is 4. The minimum Gasteiger partial charge on any atom is -0.463 e. The Morgan fingerprint density at radius 3 is 0.832 bits per heavy atom. The van der Waals surface area contributed by atoms with Crippen molar-refractivity contribution in [2.45, 2.75) is 334 Å². The molecular formula is C83H142O16P2. The van der Waals surface area contributed by atoms with E-state index in [4.69, 9.17) is 32.3 Å². The van der Waals surface area contributed by atoms with E-state index < -0.39 is 91.5 Å². The summed E-state index contributed by atoms with van der Waals surface area (Å²) in [5.41, 5.74) is 0. The summed E-state index contributed by atoms with van der Waals surface area (Å²) in [5.74, 6) is -1.60. The molecule has 0 heterocycles. The van der Waals surface area contributed by atoms with Crippen molar-refractivity contribution >= 4 is 33.6 Å². The van der Waals surface area contributed by atoms with Gasteiger partial charge in [-0.25, -0.2) is 9.13 Å². The van der Waals surface area contributed by atoms with Gasteiger partial charge in [-0.2, -0.15) is 0 Å². The Balaban J connectivity index is 4.44. The van der Waals surface area contributed by atoms with Crippen molar-refractivity contribution in [3.8, 4) is 0 Å². The molecule has 0 spiro atoms. The number of carbonyl (C=O) groups is 3. The molecule has 16 nitrogen and oxygen atoms in total. The van der Waals surface area contributed by atoms with Crippen LogP contribution in [0, 0.1) is 0 Å². The number of allylic oxidation sites excluding steroid dienone is 22. The molecule has 5 unspecified atom stereocenters. The van der Waals surface area contributed by atoms with E-state index in [0.29, 0.717) is 19.3 Å². The number of phosphoric acid groups is 2. The normalized spacial score (nSPS) is 14.7. The molecule has 0 radical (unpaired) electrons. The fraction of sp³-hybridized carbons (Fsp3) is 0.699. The maximum atomic E-state index is 12.9. The van der Waals surface area contributed by atoms with E-state index in [0.717, 1.165) is 141 Å². The van der Waals surface area contributed by atoms with Crippen LogP contribution in [-0.4, -0.2) is 95.9 Å². The van der Waals surface area contributed by atoms with Crippen LogP contribution in [0.5, 0.6) is 0 Å². The van der Waals surface area contributed by atoms with Crippen LogP contribution in [-0.2, 0) is 55.8 Å². The number of esters is 3. The van der Waals surface area contributed by atoms with Crippen molar-refractivity contribution in [3.05, 3.63) is 134 Å². The number of carbonyl (C=O) groups excluding carboxylic acids is 3. The Kier molecular flexibility index (Phi) is 72.2. The monoisotopic (exact) mass is 1460 g/mol. The number of rotatable bonds is 74. The zero-order valence-corrected chi connectivity index (χ0v) is 65.1. The Bertz CT molecular complexity index is 2370. The summed E-state index contributed by atoms with van der Waals surface area (Å²) in [6.45, 7) is 2.42. The second-order valence-corrected chi connectivity index (χ2v) is 29.0. The number of phosphoric ester groups is 2. The minimum atomic E-state index is -4.93. The lowest BCUT2D eigenvalue weighted by atomic mass is 10.0. The highest BCUT2D eigenvalue weighted by Gasteiger charge is 2.29. The molecule has 5 atom stereocenters. The number of aliphatic hydroxyl groups excluding tert-OH is 2. The molecule has 0 aromatic rings. The Labute approximate surface area is 614 Å². The molecule has 0 aliphatic rings. The highest BCUT2D eigenvalue weighted by atomic mass is 31.2. The van der Waals surface area contributed by atoms with E-state index in [-0.39, 0.29) is 19.3 Å². The topological polar surface area (TPSA) is 231 Å². The second kappa shape index (κ2) is 75.4. The Morgan fingerprint density at radius 2 is 0.525 bits per heavy atom. The van der Waals surface area contributed by atoms with Crippen molar-refractivity contribution in [1.82, 2.24) is 0 Å². The van der Waals surface area contributed by atoms with Gasteiger partial charge in [-0.3, -0.25) is 32.5 Å². The van der Waals surface area contributed by atoms with Gasteiger partial charge in [-0.1, -0.05) is 315 Å². The van der Waals surface area contributed by atoms with E-state index in [1.165, 1.54) is 116 Å². The first-order valence-corrected chi connectivity index (χ1v) is 42.5. The third-order valence-corrected chi connectivity index (χ3v) is 18.3. The second-order valence-electron chi connectivity index (χ2n) is 26.1. The molecule has 0 aliphatic carbocycles. The summed E-state index contributed by atoms with van der Waals surface area (Å²) in [6.07, 6.45) is 90.9. The molecule has 0 amide bonds. The van der Waals surface area contributed by atoms with Crippen molar-refractivity contribution < 1.29 is 75.8 Å². The molecule has 0 saturated heterocycles. The van der Waals surface area contributed by atoms with Gasteiger partial charge in [0.2, 0.25) is 0 Å². The molecule has 0 aromatic heterocycles. The third kappa shape index (κ3) is 76.6. The van der Waals surface area contributed by atoms with Crippen LogP contribution in [0.4, 0.5) is 0 Å². The smallest absolute Gasteiger partial charge is 0.463 e. The van der Waals surface area contributed by atoms with Gasteiger partial charge in [-0.15, -0.1) is 0 Å². The first-order chi connectivity index (χ1) is 49.2. The molecular weight excluding hydrogens is 1310 g/mol. The standard InChI is InChI=1S/C83H142O16P2/c1-4-7-10-13-16-19-22-24-26-28-30-32-34-35-36-37-38-39-40-41-43-45-46-48-50-52-55-57-60-63-66-69-81(86)93-72-78(84)73-95-100(89,90)96-74-79(85)75-97-101(91,92)98-77-80(99-83(88)71-68-65-62-59-54-21-18-15-12-9-6-3)76-94-82(87)70-67-64-61-58-56-53-51-49-47-44-42-33-31-29-27-25-23-20-17-14-11-8-5-2/h7-8,10-11,16-17,19-20,24-27,30-33,35-36,44,47,51,53,78-80,84-85H,4-6,9,12-15,18,21-23,28-29,34,37-43,45-46,48-50,52,54-77H2,1-3H3,(H,89,90)(H,91,92)/b10-7-,11-8-,19-16-,20-17-,26-24-,27-25-,32-30-,33-31-,36-35-,47-44-,53-51-. The molecule has 0 aromatic carbocycles. The van der Waals surface area contributed by atoms with Crippen LogP contribution in [0.15, 0.2) is 134 Å². The SMILES string of the molecule is CC/C=C\C/C=C\C/C=C\C/C=C\C/C=C\C/C=C\CCCCCCC(=O)OCC(COP(=O)(O)OCC(O)COP(=O)(O)OCC(O)COC(=O)CCCCCCCCCCCCCCCCC/C=C\C/C=C\C/C=C\C/C=C\C/C=C\CC)OC(=O)CCCCCCCCCCCCC. The average molecular weight is 1460 g/mol. The van der Waals surface area contributed by atoms with Gasteiger partial charge in [0.05, 0.1) is 26.4 Å². The maximum Gasteiger partial charge on any atom is 0.472 e. The summed E-state index contributed by atoms with van der Waals surface area (Å²) in [7, 11) is -9.79. The van der Waals surface area contributed by atoms with Crippen molar-refractivity contribution in [1.29, 1.82) is 0 Å². The lowest BCUT2D eigenvalue weighted by Gasteiger charge is -2.21. The van der Waals surface area contributed by atoms with Crippen molar-refractivity contribution in [2.75, 3.05) is 39.6 Å². The van der Waals surface area contributed by atoms with E-state index in [2.05, 4.69) is 154 Å². The molecule has 0 fully saturated rings. The van der Waals surface area contributed by atoms with Crippen LogP contribution in [0.1, 0.15) is 316 Å². The number of hydrogen-bond acceptors (Lipinski definition) is 14. The third-order valence-electron chi connectivity index (χ3n) is 16.4. The fourth-order valence-corrected chi connectivity index (χ4v) is 12.0. The Hall–Kier alpha value is -4.31. The molecule has 101 heavy (non-hydrogen) atoms. The van der Waals surface area contributed by atoms with Gasteiger partial charge >= 0.3 is 33.6 Å². The van der Waals surface area contributed by atoms with Gasteiger partial charge in [0.1, 0.15) is 25.4 Å². The quantitative estimate of drug-likeness (QED) is 0.0146. The number of ether oxygens (including phenoxy) is 3. The summed E-state index contributed by atoms with van der Waals surface area (Å²) in [4.78, 5) is 58.5. The van der Waals surface area contributed by atoms with Gasteiger partial charge in [0.15, 0.2) is 6.10 Å². The molecule has 580 valence electrons. The highest BCUT2D eigenvalue weighted by molar-refractivity contribution is 7.47. The first-order valence-electron chi connectivity index (χ1n) is 39.5. The largest absolute Gasteiger partial charge is 0.472 e. The van der Waals surface area contributed by atoms with E-state index in [9.17, 15) is 43.5 Å². The van der Waals surface area contributed by atoms with Gasteiger partial charge in [0, 0.05) is 19.3 Å². The Morgan fingerprint density at radius 1 is 0.287 bits per heavy atom. The van der Waals surface area contributed by atoms with E-state index in [1.54, 1.807) is 0 Å². The molecule has 18 heteroatoms. The summed E-state index contributed by atoms with van der Waals surface area (Å²) < 4.78 is 61.0. The van der Waals surface area contributed by atoms with Gasteiger partial charge in [0.25, 0.3) is 0 Å². The van der Waals surface area contributed by atoms with Crippen LogP contribution in [0.3, 0.4) is 0 Å². The van der Waals surface area contributed by atoms with Crippen molar-refractivity contribution in [3.63, 3.8) is 0 Å². The van der Waals surface area contributed by atoms with Gasteiger partial charge in [-0.05, 0) is 116 Å². The van der Waals surface area contributed by atoms with E-state index in [1.807, 2.05) is 0 Å². The number of aliphatic hydroxyl groups is 2. The molecule has 0 rings (SSSR count). The molecule has 4 N–H and O–H groups in total. The lowest BCUT2D eigenvalue weighted by molar-refractivity contribution is -0.161. The zero-order chi connectivity index (χ0) is 73.7. The van der Waals surface area contributed by atoms with Crippen LogP contribution in [0.25, 0.3) is 0 Å². The molecule has 0 bridgehead atoms.